The van der Waals surface area contributed by atoms with Gasteiger partial charge in [-0.1, -0.05) is 19.4 Å². The molecule has 0 aliphatic carbocycles. The number of nitrogen functional groups attached to an aromatic ring is 1. The molecule has 0 unspecified atom stereocenters. The van der Waals surface area contributed by atoms with Gasteiger partial charge in [0.2, 0.25) is 0 Å². The van der Waals surface area contributed by atoms with Crippen molar-refractivity contribution in [3.8, 4) is 0 Å². The average molecular weight is 265 g/mol. The van der Waals surface area contributed by atoms with Crippen LogP contribution in [-0.4, -0.2) is 28.8 Å². The van der Waals surface area contributed by atoms with Crippen LogP contribution in [-0.2, 0) is 0 Å². The zero-order valence-electron chi connectivity index (χ0n) is 11.3. The van der Waals surface area contributed by atoms with Crippen LogP contribution in [0.15, 0.2) is 18.2 Å². The van der Waals surface area contributed by atoms with Crippen molar-refractivity contribution in [3.05, 3.63) is 33.9 Å². The first-order chi connectivity index (χ1) is 9.02. The maximum Gasteiger partial charge on any atom is 0.292 e. The van der Waals surface area contributed by atoms with Crippen LogP contribution in [0.4, 0.5) is 11.4 Å². The summed E-state index contributed by atoms with van der Waals surface area (Å²) in [6.45, 7) is 5.11. The Morgan fingerprint density at radius 3 is 2.63 bits per heavy atom. The Labute approximate surface area is 112 Å². The van der Waals surface area contributed by atoms with Crippen molar-refractivity contribution in [2.75, 3.05) is 18.8 Å². The minimum absolute atomic E-state index is 0.0625. The molecule has 0 aromatic heterocycles. The largest absolute Gasteiger partial charge is 0.393 e. The van der Waals surface area contributed by atoms with E-state index in [4.69, 9.17) is 5.73 Å². The molecule has 0 saturated carbocycles. The number of carbonyl (C=O) groups excluding carboxylic acids is 1. The van der Waals surface area contributed by atoms with Gasteiger partial charge in [0.25, 0.3) is 11.6 Å². The van der Waals surface area contributed by atoms with Gasteiger partial charge in [-0.2, -0.15) is 0 Å². The minimum Gasteiger partial charge on any atom is -0.393 e. The lowest BCUT2D eigenvalue weighted by Crippen LogP contribution is -2.32. The fraction of sp³-hybridized carbons (Fsp3) is 0.462. The highest BCUT2D eigenvalue weighted by Gasteiger charge is 2.22. The number of unbranched alkanes of at least 4 members (excludes halogenated alkanes) is 1. The zero-order chi connectivity index (χ0) is 14.4. The summed E-state index contributed by atoms with van der Waals surface area (Å²) in [5.41, 5.74) is 5.63. The molecule has 0 spiro atoms. The molecule has 0 atom stereocenters. The molecular formula is C13H19N3O3. The first-order valence-corrected chi connectivity index (χ1v) is 6.35. The van der Waals surface area contributed by atoms with Crippen molar-refractivity contribution >= 4 is 17.3 Å². The lowest BCUT2D eigenvalue weighted by Gasteiger charge is -2.21. The summed E-state index contributed by atoms with van der Waals surface area (Å²) < 4.78 is 0. The molecule has 19 heavy (non-hydrogen) atoms. The average Bonchev–Trinajstić information content (AvgIpc) is 2.39. The summed E-state index contributed by atoms with van der Waals surface area (Å²) in [6, 6.07) is 4.31. The Morgan fingerprint density at radius 1 is 1.42 bits per heavy atom. The van der Waals surface area contributed by atoms with Crippen molar-refractivity contribution in [1.29, 1.82) is 0 Å². The first kappa shape index (κ1) is 14.9. The van der Waals surface area contributed by atoms with Crippen molar-refractivity contribution in [1.82, 2.24) is 4.90 Å². The van der Waals surface area contributed by atoms with Crippen LogP contribution >= 0.6 is 0 Å². The van der Waals surface area contributed by atoms with E-state index in [1.807, 2.05) is 13.8 Å². The van der Waals surface area contributed by atoms with Gasteiger partial charge in [0.1, 0.15) is 5.69 Å². The lowest BCUT2D eigenvalue weighted by atomic mass is 10.1. The minimum atomic E-state index is -0.575. The third-order valence-corrected chi connectivity index (χ3v) is 2.96. The Kier molecular flexibility index (Phi) is 5.29. The molecular weight excluding hydrogens is 246 g/mol. The smallest absolute Gasteiger partial charge is 0.292 e. The zero-order valence-corrected chi connectivity index (χ0v) is 11.3. The van der Waals surface area contributed by atoms with Gasteiger partial charge in [-0.25, -0.2) is 0 Å². The molecule has 0 heterocycles. The third kappa shape index (κ3) is 3.43. The lowest BCUT2D eigenvalue weighted by molar-refractivity contribution is -0.383. The molecule has 6 heteroatoms. The maximum absolute atomic E-state index is 12.3. The van der Waals surface area contributed by atoms with Crippen LogP contribution in [0.25, 0.3) is 0 Å². The van der Waals surface area contributed by atoms with Crippen molar-refractivity contribution in [2.45, 2.75) is 26.7 Å². The fourth-order valence-corrected chi connectivity index (χ4v) is 1.82. The van der Waals surface area contributed by atoms with E-state index in [-0.39, 0.29) is 22.8 Å². The molecule has 104 valence electrons. The number of para-hydroxylation sites is 1. The number of anilines is 1. The second-order valence-electron chi connectivity index (χ2n) is 4.23. The number of hydrogen-bond donors (Lipinski definition) is 1. The van der Waals surface area contributed by atoms with Crippen LogP contribution in [0, 0.1) is 10.1 Å². The number of hydrogen-bond acceptors (Lipinski definition) is 4. The molecule has 1 rings (SSSR count). The highest BCUT2D eigenvalue weighted by molar-refractivity contribution is 6.00. The summed E-state index contributed by atoms with van der Waals surface area (Å²) in [6.07, 6.45) is 1.88. The number of amides is 1. The molecule has 6 nitrogen and oxygen atoms in total. The van der Waals surface area contributed by atoms with Gasteiger partial charge < -0.3 is 10.6 Å². The van der Waals surface area contributed by atoms with E-state index in [1.54, 1.807) is 4.90 Å². The van der Waals surface area contributed by atoms with E-state index < -0.39 is 4.92 Å². The number of carbonyl (C=O) groups is 1. The van der Waals surface area contributed by atoms with Gasteiger partial charge in [-0.05, 0) is 19.4 Å². The Morgan fingerprint density at radius 2 is 2.11 bits per heavy atom. The number of nitrogens with two attached hydrogens (primary N) is 1. The van der Waals surface area contributed by atoms with Crippen LogP contribution in [0.2, 0.25) is 0 Å². The van der Waals surface area contributed by atoms with Crippen LogP contribution < -0.4 is 5.73 Å². The second-order valence-corrected chi connectivity index (χ2v) is 4.23. The standard InChI is InChI=1S/C13H19N3O3/c1-3-5-9-15(4-2)13(17)10-7-6-8-11(12(10)14)16(18)19/h6-8H,3-5,9,14H2,1-2H3. The van der Waals surface area contributed by atoms with Gasteiger partial charge in [-0.3, -0.25) is 14.9 Å². The monoisotopic (exact) mass is 265 g/mol. The molecule has 2 N–H and O–H groups in total. The number of nitro groups is 1. The molecule has 0 aliphatic rings. The van der Waals surface area contributed by atoms with Crippen LogP contribution in [0.3, 0.4) is 0 Å². The summed E-state index contributed by atoms with van der Waals surface area (Å²) >= 11 is 0. The highest BCUT2D eigenvalue weighted by Crippen LogP contribution is 2.25. The molecule has 0 radical (unpaired) electrons. The molecule has 1 amide bonds. The van der Waals surface area contributed by atoms with Crippen molar-refractivity contribution < 1.29 is 9.72 Å². The summed E-state index contributed by atoms with van der Waals surface area (Å²) in [5, 5.41) is 10.8. The quantitative estimate of drug-likeness (QED) is 0.486. The molecule has 1 aromatic carbocycles. The summed E-state index contributed by atoms with van der Waals surface area (Å²) in [4.78, 5) is 24.2. The summed E-state index contributed by atoms with van der Waals surface area (Å²) in [5.74, 6) is -0.253. The number of nitro benzene ring substituents is 1. The number of rotatable bonds is 6. The first-order valence-electron chi connectivity index (χ1n) is 6.35. The Hall–Kier alpha value is -2.11. The van der Waals surface area contributed by atoms with E-state index in [0.717, 1.165) is 12.8 Å². The fourth-order valence-electron chi connectivity index (χ4n) is 1.82. The van der Waals surface area contributed by atoms with Crippen molar-refractivity contribution in [3.63, 3.8) is 0 Å². The van der Waals surface area contributed by atoms with Gasteiger partial charge in [0.05, 0.1) is 10.5 Å². The predicted octanol–water partition coefficient (Wildman–Crippen LogP) is 2.44. The molecule has 1 aromatic rings. The van der Waals surface area contributed by atoms with Crippen LogP contribution in [0.5, 0.6) is 0 Å². The van der Waals surface area contributed by atoms with E-state index in [9.17, 15) is 14.9 Å². The van der Waals surface area contributed by atoms with Gasteiger partial charge in [0, 0.05) is 19.2 Å². The normalized spacial score (nSPS) is 10.2. The van der Waals surface area contributed by atoms with Gasteiger partial charge in [0.15, 0.2) is 0 Å². The highest BCUT2D eigenvalue weighted by atomic mass is 16.6. The SMILES string of the molecule is CCCCN(CC)C(=O)c1cccc([N+](=O)[O-])c1N. The Bertz CT molecular complexity index is 474. The molecule has 0 fully saturated rings. The molecule has 0 saturated heterocycles. The van der Waals surface area contributed by atoms with E-state index in [0.29, 0.717) is 13.1 Å². The maximum atomic E-state index is 12.3. The number of nitrogens with zero attached hydrogens (tertiary/aromatic N) is 2. The summed E-state index contributed by atoms with van der Waals surface area (Å²) in [7, 11) is 0. The van der Waals surface area contributed by atoms with E-state index >= 15 is 0 Å². The molecule has 0 aliphatic heterocycles. The van der Waals surface area contributed by atoms with Gasteiger partial charge in [-0.15, -0.1) is 0 Å². The van der Waals surface area contributed by atoms with Crippen molar-refractivity contribution in [2.24, 2.45) is 0 Å². The predicted molar refractivity (Wildman–Crippen MR) is 74.0 cm³/mol. The molecule has 0 bridgehead atoms. The van der Waals surface area contributed by atoms with E-state index in [2.05, 4.69) is 0 Å². The number of benzene rings is 1. The van der Waals surface area contributed by atoms with Crippen LogP contribution in [0.1, 0.15) is 37.0 Å². The van der Waals surface area contributed by atoms with Gasteiger partial charge >= 0.3 is 0 Å². The topological polar surface area (TPSA) is 89.5 Å². The second kappa shape index (κ2) is 6.72. The Balaban J connectivity index is 3.04. The van der Waals surface area contributed by atoms with E-state index in [1.165, 1.54) is 18.2 Å². The third-order valence-electron chi connectivity index (χ3n) is 2.96.